The molecule has 0 fully saturated rings. The summed E-state index contributed by atoms with van der Waals surface area (Å²) in [5.74, 6) is 1.21. The molecule has 0 aromatic carbocycles. The van der Waals surface area contributed by atoms with E-state index < -0.39 is 0 Å². The fraction of sp³-hybridized carbons (Fsp3) is 0.846. The molecule has 0 saturated heterocycles. The molecule has 0 aromatic heterocycles. The second-order valence-corrected chi connectivity index (χ2v) is 3.63. The molecule has 1 aliphatic heterocycles. The first-order valence-electron chi connectivity index (χ1n) is 6.66. The van der Waals surface area contributed by atoms with Crippen LogP contribution in [0.5, 0.6) is 0 Å². The molecule has 0 aromatic rings. The molecule has 4 heteroatoms. The lowest BCUT2D eigenvalue weighted by Gasteiger charge is -2.20. The summed E-state index contributed by atoms with van der Waals surface area (Å²) in [5, 5.41) is 6.19. The van der Waals surface area contributed by atoms with Gasteiger partial charge in [-0.2, -0.15) is 0 Å². The Hall–Kier alpha value is -1.06. The highest BCUT2D eigenvalue weighted by atomic mass is 16.1. The van der Waals surface area contributed by atoms with Crippen LogP contribution in [-0.2, 0) is 4.79 Å². The van der Waals surface area contributed by atoms with Crippen molar-refractivity contribution in [3.8, 4) is 0 Å². The van der Waals surface area contributed by atoms with Gasteiger partial charge >= 0.3 is 0 Å². The molecule has 4 nitrogen and oxygen atoms in total. The predicted octanol–water partition coefficient (Wildman–Crippen LogP) is 2.20. The van der Waals surface area contributed by atoms with Gasteiger partial charge in [0.2, 0.25) is 0 Å². The number of guanidine groups is 1. The highest BCUT2D eigenvalue weighted by Crippen LogP contribution is 2.02. The normalized spacial score (nSPS) is 14.5. The fourth-order valence-corrected chi connectivity index (χ4v) is 1.38. The number of nitrogens with zero attached hydrogens (tertiary/aromatic N) is 1. The summed E-state index contributed by atoms with van der Waals surface area (Å²) in [5.41, 5.74) is 0. The van der Waals surface area contributed by atoms with Crippen LogP contribution in [0.25, 0.3) is 0 Å². The molecular formula is C13H29N3O. The Labute approximate surface area is 106 Å². The molecular weight excluding hydrogens is 214 g/mol. The second kappa shape index (κ2) is 11.4. The first-order valence-corrected chi connectivity index (χ1v) is 6.66. The largest absolute Gasteiger partial charge is 0.355 e. The van der Waals surface area contributed by atoms with Gasteiger partial charge in [0.15, 0.2) is 11.7 Å². The third-order valence-corrected chi connectivity index (χ3v) is 2.07. The van der Waals surface area contributed by atoms with Crippen LogP contribution in [0.1, 0.15) is 48.5 Å². The van der Waals surface area contributed by atoms with Gasteiger partial charge in [0.1, 0.15) is 0 Å². The number of rotatable bonds is 3. The third-order valence-electron chi connectivity index (χ3n) is 2.07. The average Bonchev–Trinajstić information content (AvgIpc) is 2.83. The number of nitrogens with one attached hydrogen (secondary N) is 2. The first-order chi connectivity index (χ1) is 8.11. The van der Waals surface area contributed by atoms with Gasteiger partial charge in [-0.25, -0.2) is 0 Å². The summed E-state index contributed by atoms with van der Waals surface area (Å²) in [6.07, 6.45) is 0. The Kier molecular flexibility index (Phi) is 12.3. The molecule has 0 spiro atoms. The molecule has 1 rings (SSSR count). The molecule has 0 amide bonds. The maximum Gasteiger partial charge on any atom is 0.191 e. The van der Waals surface area contributed by atoms with Crippen LogP contribution in [0.2, 0.25) is 0 Å². The summed E-state index contributed by atoms with van der Waals surface area (Å²) >= 11 is 0. The van der Waals surface area contributed by atoms with E-state index in [1.54, 1.807) is 6.92 Å². The quantitative estimate of drug-likeness (QED) is 0.799. The lowest BCUT2D eigenvalue weighted by Crippen LogP contribution is -2.47. The van der Waals surface area contributed by atoms with Crippen molar-refractivity contribution in [3.05, 3.63) is 0 Å². The van der Waals surface area contributed by atoms with Gasteiger partial charge in [-0.05, 0) is 12.8 Å². The van der Waals surface area contributed by atoms with E-state index in [1.807, 2.05) is 41.5 Å². The van der Waals surface area contributed by atoms with Crippen LogP contribution in [-0.4, -0.2) is 30.9 Å². The van der Waals surface area contributed by atoms with E-state index in [1.165, 1.54) is 0 Å². The highest BCUT2D eigenvalue weighted by Gasteiger charge is 2.20. The molecule has 0 bridgehead atoms. The van der Waals surface area contributed by atoms with Gasteiger partial charge in [0.25, 0.3) is 0 Å². The first kappa shape index (κ1) is 18.3. The SMILES string of the molecule is CC.CC.CC(=O)C(NC1=NCCN1)C(C)C. The summed E-state index contributed by atoms with van der Waals surface area (Å²) in [6, 6.07) is -0.121. The maximum atomic E-state index is 11.2. The third kappa shape index (κ3) is 7.77. The number of aliphatic imine (C=N–C) groups is 1. The summed E-state index contributed by atoms with van der Waals surface area (Å²) < 4.78 is 0. The minimum Gasteiger partial charge on any atom is -0.355 e. The van der Waals surface area contributed by atoms with Crippen LogP contribution in [0, 0.1) is 5.92 Å². The van der Waals surface area contributed by atoms with E-state index in [0.29, 0.717) is 5.92 Å². The molecule has 1 aliphatic rings. The van der Waals surface area contributed by atoms with E-state index in [4.69, 9.17) is 0 Å². The molecule has 1 atom stereocenters. The molecule has 102 valence electrons. The Balaban J connectivity index is 0. The number of hydrogen-bond donors (Lipinski definition) is 2. The molecule has 0 aliphatic carbocycles. The Morgan fingerprint density at radius 3 is 2.12 bits per heavy atom. The standard InChI is InChI=1S/C9H17N3O.2C2H6/c1-6(2)8(7(3)13)12-9-10-4-5-11-9;2*1-2/h6,8H,4-5H2,1-3H3,(H2,10,11,12);2*1-2H3. The Morgan fingerprint density at radius 2 is 1.82 bits per heavy atom. The van der Waals surface area contributed by atoms with Crippen molar-refractivity contribution >= 4 is 11.7 Å². The van der Waals surface area contributed by atoms with Crippen molar-refractivity contribution in [3.63, 3.8) is 0 Å². The van der Waals surface area contributed by atoms with Crippen molar-refractivity contribution in [2.24, 2.45) is 10.9 Å². The van der Waals surface area contributed by atoms with Crippen LogP contribution in [0.4, 0.5) is 0 Å². The molecule has 2 N–H and O–H groups in total. The highest BCUT2D eigenvalue weighted by molar-refractivity contribution is 5.89. The minimum atomic E-state index is -0.121. The van der Waals surface area contributed by atoms with E-state index in [9.17, 15) is 4.79 Å². The number of Topliss-reactive ketones (excluding diaryl/α,β-unsaturated/α-hetero) is 1. The number of ketones is 1. The van der Waals surface area contributed by atoms with Crippen LogP contribution in [0.3, 0.4) is 0 Å². The van der Waals surface area contributed by atoms with E-state index >= 15 is 0 Å². The zero-order valence-electron chi connectivity index (χ0n) is 12.4. The van der Waals surface area contributed by atoms with Gasteiger partial charge in [-0.15, -0.1) is 0 Å². The predicted molar refractivity (Wildman–Crippen MR) is 75.4 cm³/mol. The summed E-state index contributed by atoms with van der Waals surface area (Å²) in [7, 11) is 0. The second-order valence-electron chi connectivity index (χ2n) is 3.63. The number of carbonyl (C=O) groups is 1. The van der Waals surface area contributed by atoms with E-state index in [-0.39, 0.29) is 11.8 Å². The van der Waals surface area contributed by atoms with Gasteiger partial charge in [0.05, 0.1) is 12.6 Å². The molecule has 1 unspecified atom stereocenters. The van der Waals surface area contributed by atoms with E-state index in [0.717, 1.165) is 19.0 Å². The Bertz CT molecular complexity index is 225. The van der Waals surface area contributed by atoms with Crippen molar-refractivity contribution in [1.82, 2.24) is 10.6 Å². The molecule has 1 heterocycles. The zero-order chi connectivity index (χ0) is 13.8. The van der Waals surface area contributed by atoms with Crippen LogP contribution < -0.4 is 10.6 Å². The maximum absolute atomic E-state index is 11.2. The zero-order valence-corrected chi connectivity index (χ0v) is 12.4. The van der Waals surface area contributed by atoms with Crippen LogP contribution in [0.15, 0.2) is 4.99 Å². The van der Waals surface area contributed by atoms with Crippen molar-refractivity contribution in [2.75, 3.05) is 13.1 Å². The smallest absolute Gasteiger partial charge is 0.191 e. The summed E-state index contributed by atoms with van der Waals surface area (Å²) in [6.45, 7) is 15.3. The van der Waals surface area contributed by atoms with Gasteiger partial charge in [-0.1, -0.05) is 41.5 Å². The molecule has 0 saturated carbocycles. The molecule has 17 heavy (non-hydrogen) atoms. The van der Waals surface area contributed by atoms with Gasteiger partial charge < -0.3 is 10.6 Å². The number of hydrogen-bond acceptors (Lipinski definition) is 4. The number of carbonyl (C=O) groups excluding carboxylic acids is 1. The van der Waals surface area contributed by atoms with Gasteiger partial charge in [-0.3, -0.25) is 9.79 Å². The van der Waals surface area contributed by atoms with Crippen molar-refractivity contribution in [1.29, 1.82) is 0 Å². The average molecular weight is 243 g/mol. The molecule has 0 radical (unpaired) electrons. The van der Waals surface area contributed by atoms with Crippen LogP contribution >= 0.6 is 0 Å². The topological polar surface area (TPSA) is 53.5 Å². The lowest BCUT2D eigenvalue weighted by atomic mass is 10.0. The van der Waals surface area contributed by atoms with E-state index in [2.05, 4.69) is 15.6 Å². The Morgan fingerprint density at radius 1 is 1.29 bits per heavy atom. The van der Waals surface area contributed by atoms with Crippen molar-refractivity contribution in [2.45, 2.75) is 54.5 Å². The fourth-order valence-electron chi connectivity index (χ4n) is 1.38. The monoisotopic (exact) mass is 243 g/mol. The van der Waals surface area contributed by atoms with Crippen molar-refractivity contribution < 1.29 is 4.79 Å². The minimum absolute atomic E-state index is 0.121. The lowest BCUT2D eigenvalue weighted by molar-refractivity contribution is -0.119. The van der Waals surface area contributed by atoms with Gasteiger partial charge in [0, 0.05) is 6.54 Å². The summed E-state index contributed by atoms with van der Waals surface area (Å²) in [4.78, 5) is 15.4.